The van der Waals surface area contributed by atoms with Crippen molar-refractivity contribution in [3.05, 3.63) is 35.5 Å². The minimum absolute atomic E-state index is 0.642. The standard InChI is InChI=1S/C30H48O2/c1-25(2)15-11-17-27(5)19-13-23-29(7,31)21-9-10-22-30(8,32)24-14-20-28(6)18-12-16-26(3)4/h13,15,19,23,26,28,31-32H,11-12,14,16-18,20,24H2,1-8H3. The van der Waals surface area contributed by atoms with Crippen molar-refractivity contribution in [3.63, 3.8) is 0 Å². The van der Waals surface area contributed by atoms with Gasteiger partial charge in [-0.1, -0.05) is 87.7 Å². The average molecular weight is 441 g/mol. The zero-order valence-corrected chi connectivity index (χ0v) is 22.0. The zero-order valence-electron chi connectivity index (χ0n) is 22.0. The smallest absolute Gasteiger partial charge is 0.142 e. The van der Waals surface area contributed by atoms with Gasteiger partial charge in [-0.15, -0.1) is 0 Å². The maximum atomic E-state index is 10.5. The van der Waals surface area contributed by atoms with Gasteiger partial charge in [-0.2, -0.15) is 0 Å². The predicted octanol–water partition coefficient (Wildman–Crippen LogP) is 7.38. The molecule has 0 rings (SSSR count). The van der Waals surface area contributed by atoms with Crippen LogP contribution in [0.4, 0.5) is 0 Å². The van der Waals surface area contributed by atoms with Gasteiger partial charge >= 0.3 is 0 Å². The lowest BCUT2D eigenvalue weighted by Gasteiger charge is -2.18. The summed E-state index contributed by atoms with van der Waals surface area (Å²) in [4.78, 5) is 0. The second-order valence-electron chi connectivity index (χ2n) is 10.4. The van der Waals surface area contributed by atoms with E-state index in [1.165, 1.54) is 30.4 Å². The molecule has 0 radical (unpaired) electrons. The highest BCUT2D eigenvalue weighted by Crippen LogP contribution is 2.20. The second-order valence-corrected chi connectivity index (χ2v) is 10.4. The Kier molecular flexibility index (Phi) is 15.1. The fraction of sp³-hybridized carbons (Fsp3) is 0.667. The predicted molar refractivity (Wildman–Crippen MR) is 140 cm³/mol. The Morgan fingerprint density at radius 1 is 0.906 bits per heavy atom. The lowest BCUT2D eigenvalue weighted by Crippen LogP contribution is -2.21. The van der Waals surface area contributed by atoms with Gasteiger partial charge in [-0.3, -0.25) is 0 Å². The van der Waals surface area contributed by atoms with Crippen molar-refractivity contribution in [2.75, 3.05) is 0 Å². The molecule has 32 heavy (non-hydrogen) atoms. The van der Waals surface area contributed by atoms with Gasteiger partial charge in [0.05, 0.1) is 0 Å². The molecule has 2 heteroatoms. The number of allylic oxidation sites excluding steroid dienone is 5. The molecule has 0 aliphatic carbocycles. The van der Waals surface area contributed by atoms with Crippen molar-refractivity contribution in [1.29, 1.82) is 0 Å². The first-order valence-electron chi connectivity index (χ1n) is 12.3. The number of hydrogen-bond acceptors (Lipinski definition) is 2. The third-order valence-electron chi connectivity index (χ3n) is 5.44. The quantitative estimate of drug-likeness (QED) is 0.178. The van der Waals surface area contributed by atoms with Gasteiger partial charge in [0.25, 0.3) is 0 Å². The van der Waals surface area contributed by atoms with Crippen LogP contribution in [0.15, 0.2) is 35.5 Å². The molecule has 0 saturated carbocycles. The molecule has 0 bridgehead atoms. The van der Waals surface area contributed by atoms with E-state index in [1.807, 2.05) is 12.2 Å². The number of aliphatic hydroxyl groups is 2. The molecule has 2 N–H and O–H groups in total. The normalized spacial score (nSPS) is 16.4. The summed E-state index contributed by atoms with van der Waals surface area (Å²) in [5.41, 5.74) is 0.299. The first kappa shape index (κ1) is 30.3. The molecular formula is C30H48O2. The monoisotopic (exact) mass is 440 g/mol. The van der Waals surface area contributed by atoms with Gasteiger partial charge in [-0.05, 0) is 90.1 Å². The second kappa shape index (κ2) is 16.0. The summed E-state index contributed by atoms with van der Waals surface area (Å²) in [6.45, 7) is 16.5. The molecule has 2 nitrogen and oxygen atoms in total. The van der Waals surface area contributed by atoms with E-state index in [9.17, 15) is 10.2 Å². The molecule has 0 aromatic heterocycles. The minimum Gasteiger partial charge on any atom is -0.378 e. The molecule has 0 aliphatic heterocycles. The highest BCUT2D eigenvalue weighted by Gasteiger charge is 2.17. The maximum absolute atomic E-state index is 10.5. The third-order valence-corrected chi connectivity index (χ3v) is 5.44. The lowest BCUT2D eigenvalue weighted by atomic mass is 9.92. The molecule has 180 valence electrons. The highest BCUT2D eigenvalue weighted by atomic mass is 16.3. The van der Waals surface area contributed by atoms with Gasteiger partial charge in [0, 0.05) is 0 Å². The van der Waals surface area contributed by atoms with Crippen LogP contribution >= 0.6 is 0 Å². The topological polar surface area (TPSA) is 40.5 Å². The molecule has 0 aliphatic rings. The van der Waals surface area contributed by atoms with Crippen LogP contribution in [-0.4, -0.2) is 21.4 Å². The maximum Gasteiger partial charge on any atom is 0.142 e. The van der Waals surface area contributed by atoms with E-state index < -0.39 is 11.2 Å². The summed E-state index contributed by atoms with van der Waals surface area (Å²) in [5.74, 6) is 12.5. The molecule has 0 amide bonds. The summed E-state index contributed by atoms with van der Waals surface area (Å²) in [6.07, 6.45) is 16.3. The first-order valence-corrected chi connectivity index (χ1v) is 12.3. The van der Waals surface area contributed by atoms with E-state index in [2.05, 4.69) is 71.3 Å². The van der Waals surface area contributed by atoms with Gasteiger partial charge in [0.2, 0.25) is 0 Å². The molecule has 3 unspecified atom stereocenters. The van der Waals surface area contributed by atoms with E-state index in [0.717, 1.165) is 31.6 Å². The Hall–Kier alpha value is -1.74. The van der Waals surface area contributed by atoms with Crippen LogP contribution in [0.1, 0.15) is 107 Å². The molecule has 0 fully saturated rings. The third kappa shape index (κ3) is 19.0. The molecule has 0 saturated heterocycles. The van der Waals surface area contributed by atoms with E-state index in [1.54, 1.807) is 19.9 Å². The van der Waals surface area contributed by atoms with Crippen LogP contribution in [0, 0.1) is 35.5 Å². The molecule has 0 aromatic rings. The Balaban J connectivity index is 4.54. The van der Waals surface area contributed by atoms with Crippen LogP contribution in [0.25, 0.3) is 0 Å². The Bertz CT molecular complexity index is 735. The largest absolute Gasteiger partial charge is 0.378 e. The molecular weight excluding hydrogens is 392 g/mol. The van der Waals surface area contributed by atoms with Crippen LogP contribution in [0.5, 0.6) is 0 Å². The fourth-order valence-corrected chi connectivity index (χ4v) is 3.31. The van der Waals surface area contributed by atoms with Crippen molar-refractivity contribution < 1.29 is 10.2 Å². The van der Waals surface area contributed by atoms with Crippen LogP contribution < -0.4 is 0 Å². The zero-order chi connectivity index (χ0) is 24.6. The van der Waals surface area contributed by atoms with Gasteiger partial charge in [-0.25, -0.2) is 0 Å². The van der Waals surface area contributed by atoms with Crippen molar-refractivity contribution in [1.82, 2.24) is 0 Å². The van der Waals surface area contributed by atoms with Gasteiger partial charge < -0.3 is 10.2 Å². The van der Waals surface area contributed by atoms with Crippen molar-refractivity contribution >= 4 is 0 Å². The molecule has 3 atom stereocenters. The number of hydrogen-bond donors (Lipinski definition) is 2. The summed E-state index contributed by atoms with van der Waals surface area (Å²) < 4.78 is 0. The van der Waals surface area contributed by atoms with Crippen LogP contribution in [0.2, 0.25) is 0 Å². The number of rotatable bonds is 13. The van der Waals surface area contributed by atoms with Crippen LogP contribution in [0.3, 0.4) is 0 Å². The van der Waals surface area contributed by atoms with E-state index in [4.69, 9.17) is 0 Å². The summed E-state index contributed by atoms with van der Waals surface area (Å²) in [7, 11) is 0. The van der Waals surface area contributed by atoms with Gasteiger partial charge in [0.15, 0.2) is 0 Å². The first-order chi connectivity index (χ1) is 14.8. The Morgan fingerprint density at radius 3 is 2.16 bits per heavy atom. The van der Waals surface area contributed by atoms with E-state index >= 15 is 0 Å². The van der Waals surface area contributed by atoms with E-state index in [0.29, 0.717) is 12.3 Å². The van der Waals surface area contributed by atoms with Crippen LogP contribution in [-0.2, 0) is 0 Å². The minimum atomic E-state index is -1.25. The highest BCUT2D eigenvalue weighted by molar-refractivity contribution is 5.34. The van der Waals surface area contributed by atoms with E-state index in [-0.39, 0.29) is 0 Å². The lowest BCUT2D eigenvalue weighted by molar-refractivity contribution is 0.107. The Morgan fingerprint density at radius 2 is 1.53 bits per heavy atom. The molecule has 0 aromatic carbocycles. The average Bonchev–Trinajstić information content (AvgIpc) is 2.64. The summed E-state index contributed by atoms with van der Waals surface area (Å²) in [6, 6.07) is 0. The Labute approximate surface area is 199 Å². The molecule has 0 spiro atoms. The van der Waals surface area contributed by atoms with Crippen molar-refractivity contribution in [2.24, 2.45) is 11.8 Å². The van der Waals surface area contributed by atoms with Crippen molar-refractivity contribution in [3.8, 4) is 23.7 Å². The summed E-state index contributed by atoms with van der Waals surface area (Å²) in [5, 5.41) is 20.9. The summed E-state index contributed by atoms with van der Waals surface area (Å²) >= 11 is 0. The molecule has 0 heterocycles. The van der Waals surface area contributed by atoms with Gasteiger partial charge in [0.1, 0.15) is 11.2 Å². The SMILES string of the molecule is CC(C)=CCCC(C)=CC=CC(C)(O)C#CC#CC(C)(O)CCCC(C)CCCC(C)C. The fourth-order valence-electron chi connectivity index (χ4n) is 3.31. The van der Waals surface area contributed by atoms with Crippen molar-refractivity contribution in [2.45, 2.75) is 118 Å².